The molecule has 0 bridgehead atoms. The van der Waals surface area contributed by atoms with Crippen molar-refractivity contribution in [3.8, 4) is 11.4 Å². The minimum absolute atomic E-state index is 0.113. The van der Waals surface area contributed by atoms with Crippen LogP contribution in [0.4, 0.5) is 0 Å². The van der Waals surface area contributed by atoms with E-state index in [4.69, 9.17) is 9.47 Å². The first-order chi connectivity index (χ1) is 14.1. The molecule has 2 aromatic carbocycles. The van der Waals surface area contributed by atoms with Crippen LogP contribution in [0.5, 0.6) is 5.75 Å². The minimum atomic E-state index is -0.594. The summed E-state index contributed by atoms with van der Waals surface area (Å²) in [5, 5.41) is 10.9. The Labute approximate surface area is 169 Å². The van der Waals surface area contributed by atoms with Crippen LogP contribution in [-0.4, -0.2) is 65.1 Å². The van der Waals surface area contributed by atoms with Crippen LogP contribution in [-0.2, 0) is 4.74 Å². The number of β-amino-alcohol motifs (C(OH)–C–C–N with tert-alkyl or cyclic N) is 1. The molecule has 0 spiro atoms. The summed E-state index contributed by atoms with van der Waals surface area (Å²) in [7, 11) is 0. The largest absolute Gasteiger partial charge is 0.491 e. The molecule has 1 N–H and O–H groups in total. The quantitative estimate of drug-likeness (QED) is 0.686. The van der Waals surface area contributed by atoms with Crippen molar-refractivity contribution in [3.05, 3.63) is 64.7 Å². The van der Waals surface area contributed by atoms with Gasteiger partial charge in [-0.2, -0.15) is 0 Å². The fraction of sp³-hybridized carbons (Fsp3) is 0.364. The molecule has 7 heteroatoms. The number of hydrogen-bond acceptors (Lipinski definition) is 6. The van der Waals surface area contributed by atoms with Crippen LogP contribution in [0.15, 0.2) is 53.3 Å². The van der Waals surface area contributed by atoms with Crippen LogP contribution in [0.25, 0.3) is 16.6 Å². The summed E-state index contributed by atoms with van der Waals surface area (Å²) >= 11 is 0. The molecule has 4 rings (SSSR count). The third-order valence-electron chi connectivity index (χ3n) is 5.03. The van der Waals surface area contributed by atoms with Gasteiger partial charge in [-0.1, -0.05) is 18.2 Å². The number of benzene rings is 2. The Hall–Kier alpha value is -2.74. The molecule has 3 aromatic rings. The Kier molecular flexibility index (Phi) is 5.89. The molecule has 29 heavy (non-hydrogen) atoms. The van der Waals surface area contributed by atoms with Gasteiger partial charge < -0.3 is 14.6 Å². The average Bonchev–Trinajstić information content (AvgIpc) is 2.73. The van der Waals surface area contributed by atoms with E-state index in [-0.39, 0.29) is 12.2 Å². The topological polar surface area (TPSA) is 76.8 Å². The van der Waals surface area contributed by atoms with Gasteiger partial charge in [0.15, 0.2) is 0 Å². The average molecular weight is 395 g/mol. The van der Waals surface area contributed by atoms with Crippen LogP contribution in [0.3, 0.4) is 0 Å². The molecule has 0 radical (unpaired) electrons. The van der Waals surface area contributed by atoms with Gasteiger partial charge in [0.25, 0.3) is 5.56 Å². The molecule has 1 fully saturated rings. The van der Waals surface area contributed by atoms with Crippen molar-refractivity contribution >= 4 is 10.9 Å². The molecule has 0 aliphatic carbocycles. The predicted molar refractivity (Wildman–Crippen MR) is 111 cm³/mol. The van der Waals surface area contributed by atoms with Gasteiger partial charge in [-0.3, -0.25) is 14.3 Å². The van der Waals surface area contributed by atoms with Gasteiger partial charge in [0.1, 0.15) is 24.3 Å². The van der Waals surface area contributed by atoms with Crippen molar-refractivity contribution in [1.82, 2.24) is 14.5 Å². The van der Waals surface area contributed by atoms with Crippen molar-refractivity contribution in [3.63, 3.8) is 0 Å². The smallest absolute Gasteiger partial charge is 0.265 e. The lowest BCUT2D eigenvalue weighted by Crippen LogP contribution is -2.42. The fourth-order valence-electron chi connectivity index (χ4n) is 3.59. The van der Waals surface area contributed by atoms with E-state index >= 15 is 0 Å². The van der Waals surface area contributed by atoms with Crippen molar-refractivity contribution in [1.29, 1.82) is 0 Å². The number of hydrogen-bond donors (Lipinski definition) is 1. The van der Waals surface area contributed by atoms with Gasteiger partial charge in [-0.05, 0) is 31.2 Å². The summed E-state index contributed by atoms with van der Waals surface area (Å²) in [6.07, 6.45) is -0.594. The summed E-state index contributed by atoms with van der Waals surface area (Å²) in [6, 6.07) is 14.6. The second-order valence-corrected chi connectivity index (χ2v) is 7.19. The molecule has 1 atom stereocenters. The standard InChI is InChI=1S/C22H25N3O4/c1-16-23-21-8-3-2-7-20(21)22(27)25(16)17-5-4-6-19(13-17)29-15-18(26)14-24-9-11-28-12-10-24/h2-8,13,18,26H,9-12,14-15H2,1H3. The lowest BCUT2D eigenvalue weighted by atomic mass is 10.2. The number of aliphatic hydroxyl groups is 1. The molecule has 7 nitrogen and oxygen atoms in total. The highest BCUT2D eigenvalue weighted by molar-refractivity contribution is 5.77. The molecular formula is C22H25N3O4. The van der Waals surface area contributed by atoms with Gasteiger partial charge in [0, 0.05) is 25.7 Å². The predicted octanol–water partition coefficient (Wildman–Crippen LogP) is 1.77. The van der Waals surface area contributed by atoms with Crippen molar-refractivity contribution < 1.29 is 14.6 Å². The van der Waals surface area contributed by atoms with Crippen LogP contribution >= 0.6 is 0 Å². The molecule has 1 unspecified atom stereocenters. The lowest BCUT2D eigenvalue weighted by molar-refractivity contribution is 0.00465. The molecule has 0 saturated carbocycles. The summed E-state index contributed by atoms with van der Waals surface area (Å²) in [6.45, 7) is 5.59. The first kappa shape index (κ1) is 19.6. The second-order valence-electron chi connectivity index (χ2n) is 7.19. The van der Waals surface area contributed by atoms with E-state index in [1.807, 2.05) is 43.3 Å². The van der Waals surface area contributed by atoms with Crippen LogP contribution in [0, 0.1) is 6.92 Å². The first-order valence-electron chi connectivity index (χ1n) is 9.81. The molecule has 2 heterocycles. The van der Waals surface area contributed by atoms with Gasteiger partial charge in [0.2, 0.25) is 0 Å². The summed E-state index contributed by atoms with van der Waals surface area (Å²) in [5.41, 5.74) is 1.26. The first-order valence-corrected chi connectivity index (χ1v) is 9.81. The number of para-hydroxylation sites is 1. The number of aliphatic hydroxyl groups excluding tert-OH is 1. The maximum Gasteiger partial charge on any atom is 0.265 e. The van der Waals surface area contributed by atoms with E-state index in [1.165, 1.54) is 0 Å². The third kappa shape index (κ3) is 4.48. The van der Waals surface area contributed by atoms with Gasteiger partial charge in [-0.15, -0.1) is 0 Å². The van der Waals surface area contributed by atoms with E-state index < -0.39 is 6.10 Å². The number of aromatic nitrogens is 2. The Balaban J connectivity index is 1.50. The van der Waals surface area contributed by atoms with Crippen LogP contribution in [0.1, 0.15) is 5.82 Å². The van der Waals surface area contributed by atoms with Crippen molar-refractivity contribution in [2.75, 3.05) is 39.5 Å². The van der Waals surface area contributed by atoms with Crippen molar-refractivity contribution in [2.24, 2.45) is 0 Å². The van der Waals surface area contributed by atoms with E-state index in [2.05, 4.69) is 9.88 Å². The van der Waals surface area contributed by atoms with Gasteiger partial charge in [-0.25, -0.2) is 4.98 Å². The number of fused-ring (bicyclic) bond motifs is 1. The monoisotopic (exact) mass is 395 g/mol. The normalized spacial score (nSPS) is 16.1. The number of morpholine rings is 1. The molecular weight excluding hydrogens is 370 g/mol. The third-order valence-corrected chi connectivity index (χ3v) is 5.03. The number of aryl methyl sites for hydroxylation is 1. The molecule has 0 amide bonds. The zero-order chi connectivity index (χ0) is 20.2. The number of rotatable bonds is 6. The summed E-state index contributed by atoms with van der Waals surface area (Å²) in [5.74, 6) is 1.21. The maximum atomic E-state index is 13.0. The van der Waals surface area contributed by atoms with E-state index in [1.54, 1.807) is 16.7 Å². The Morgan fingerprint density at radius 1 is 1.17 bits per heavy atom. The molecule has 1 aliphatic rings. The number of nitrogens with zero attached hydrogens (tertiary/aromatic N) is 3. The second kappa shape index (κ2) is 8.73. The van der Waals surface area contributed by atoms with Gasteiger partial charge in [0.05, 0.1) is 29.8 Å². The molecule has 1 saturated heterocycles. The van der Waals surface area contributed by atoms with Crippen molar-refractivity contribution in [2.45, 2.75) is 13.0 Å². The minimum Gasteiger partial charge on any atom is -0.491 e. The summed E-state index contributed by atoms with van der Waals surface area (Å²) in [4.78, 5) is 19.7. The van der Waals surface area contributed by atoms with Gasteiger partial charge >= 0.3 is 0 Å². The SMILES string of the molecule is Cc1nc2ccccc2c(=O)n1-c1cccc(OCC(O)CN2CCOCC2)c1. The van der Waals surface area contributed by atoms with E-state index in [0.29, 0.717) is 47.9 Å². The Bertz CT molecular complexity index is 1040. The van der Waals surface area contributed by atoms with Crippen LogP contribution in [0.2, 0.25) is 0 Å². The molecule has 152 valence electrons. The van der Waals surface area contributed by atoms with E-state index in [0.717, 1.165) is 13.1 Å². The lowest BCUT2D eigenvalue weighted by Gasteiger charge is -2.28. The maximum absolute atomic E-state index is 13.0. The zero-order valence-electron chi connectivity index (χ0n) is 16.5. The molecule has 1 aliphatic heterocycles. The van der Waals surface area contributed by atoms with Crippen LogP contribution < -0.4 is 10.3 Å². The number of ether oxygens (including phenoxy) is 2. The molecule has 1 aromatic heterocycles. The fourth-order valence-corrected chi connectivity index (χ4v) is 3.59. The highest BCUT2D eigenvalue weighted by Crippen LogP contribution is 2.18. The zero-order valence-corrected chi connectivity index (χ0v) is 16.5. The highest BCUT2D eigenvalue weighted by atomic mass is 16.5. The Morgan fingerprint density at radius 2 is 1.97 bits per heavy atom. The summed E-state index contributed by atoms with van der Waals surface area (Å²) < 4.78 is 12.7. The van der Waals surface area contributed by atoms with E-state index in [9.17, 15) is 9.90 Å². The Morgan fingerprint density at radius 3 is 2.79 bits per heavy atom. The highest BCUT2D eigenvalue weighted by Gasteiger charge is 2.16.